The van der Waals surface area contributed by atoms with Gasteiger partial charge in [-0.15, -0.1) is 0 Å². The third kappa shape index (κ3) is 3.63. The normalized spacial score (nSPS) is 19.5. The number of halogens is 2. The van der Waals surface area contributed by atoms with Crippen LogP contribution >= 0.6 is 34.2 Å². The van der Waals surface area contributed by atoms with Crippen molar-refractivity contribution in [1.82, 2.24) is 4.90 Å². The maximum Gasteiger partial charge on any atom is 0.255 e. The summed E-state index contributed by atoms with van der Waals surface area (Å²) in [6, 6.07) is 5.94. The number of benzene rings is 1. The second-order valence-corrected chi connectivity index (χ2v) is 6.66. The molecule has 1 aromatic rings. The van der Waals surface area contributed by atoms with Crippen LogP contribution in [-0.4, -0.2) is 23.4 Å². The molecular formula is C15H19ClINO. The first kappa shape index (κ1) is 15.1. The first-order chi connectivity index (χ1) is 9.13. The van der Waals surface area contributed by atoms with Gasteiger partial charge in [0.05, 0.1) is 5.56 Å². The van der Waals surface area contributed by atoms with Gasteiger partial charge in [0.2, 0.25) is 0 Å². The van der Waals surface area contributed by atoms with Crippen molar-refractivity contribution >= 4 is 40.1 Å². The highest BCUT2D eigenvalue weighted by atomic mass is 127. The van der Waals surface area contributed by atoms with E-state index in [4.69, 9.17) is 11.6 Å². The van der Waals surface area contributed by atoms with Gasteiger partial charge in [-0.1, -0.05) is 24.9 Å². The molecule has 0 aromatic heterocycles. The van der Waals surface area contributed by atoms with Crippen LogP contribution in [0.3, 0.4) is 0 Å². The largest absolute Gasteiger partial charge is 0.336 e. The van der Waals surface area contributed by atoms with Crippen molar-refractivity contribution in [2.24, 2.45) is 0 Å². The van der Waals surface area contributed by atoms with Gasteiger partial charge in [-0.05, 0) is 66.5 Å². The van der Waals surface area contributed by atoms with Gasteiger partial charge >= 0.3 is 0 Å². The van der Waals surface area contributed by atoms with Crippen LogP contribution in [0.15, 0.2) is 18.2 Å². The van der Waals surface area contributed by atoms with Gasteiger partial charge < -0.3 is 4.90 Å². The predicted octanol–water partition coefficient (Wildman–Crippen LogP) is 4.74. The molecular weight excluding hydrogens is 373 g/mol. The highest BCUT2D eigenvalue weighted by Crippen LogP contribution is 2.26. The summed E-state index contributed by atoms with van der Waals surface area (Å²) in [4.78, 5) is 14.8. The van der Waals surface area contributed by atoms with Crippen LogP contribution in [0.25, 0.3) is 0 Å². The summed E-state index contributed by atoms with van der Waals surface area (Å²) >= 11 is 8.23. The Morgan fingerprint density at radius 2 is 2.26 bits per heavy atom. The Bertz CT molecular complexity index is 461. The lowest BCUT2D eigenvalue weighted by Gasteiger charge is -2.36. The number of amides is 1. The van der Waals surface area contributed by atoms with E-state index in [0.29, 0.717) is 11.1 Å². The van der Waals surface area contributed by atoms with Gasteiger partial charge in [-0.25, -0.2) is 0 Å². The third-order valence-corrected chi connectivity index (χ3v) is 4.84. The molecule has 0 saturated carbocycles. The van der Waals surface area contributed by atoms with Crippen molar-refractivity contribution in [3.8, 4) is 0 Å². The Labute approximate surface area is 133 Å². The summed E-state index contributed by atoms with van der Waals surface area (Å²) in [5.74, 6) is 0.144. The number of rotatable bonds is 3. The minimum atomic E-state index is 0.144. The summed E-state index contributed by atoms with van der Waals surface area (Å²) in [7, 11) is 0. The molecule has 1 aliphatic rings. The predicted molar refractivity (Wildman–Crippen MR) is 87.8 cm³/mol. The lowest BCUT2D eigenvalue weighted by Crippen LogP contribution is -2.43. The number of hydrogen-bond acceptors (Lipinski definition) is 1. The van der Waals surface area contributed by atoms with Gasteiger partial charge in [0.25, 0.3) is 5.91 Å². The Morgan fingerprint density at radius 1 is 1.47 bits per heavy atom. The van der Waals surface area contributed by atoms with Gasteiger partial charge in [0.15, 0.2) is 0 Å². The molecule has 0 N–H and O–H groups in total. The maximum atomic E-state index is 12.7. The second-order valence-electron chi connectivity index (χ2n) is 5.06. The van der Waals surface area contributed by atoms with Crippen LogP contribution in [0.4, 0.5) is 0 Å². The van der Waals surface area contributed by atoms with Crippen molar-refractivity contribution in [3.63, 3.8) is 0 Å². The molecule has 1 unspecified atom stereocenters. The number of likely N-dealkylation sites (tertiary alicyclic amines) is 1. The van der Waals surface area contributed by atoms with Gasteiger partial charge in [0, 0.05) is 21.2 Å². The molecule has 0 spiro atoms. The zero-order valence-electron chi connectivity index (χ0n) is 11.2. The lowest BCUT2D eigenvalue weighted by molar-refractivity contribution is 0.0599. The first-order valence-corrected chi connectivity index (χ1v) is 8.35. The molecule has 104 valence electrons. The monoisotopic (exact) mass is 391 g/mol. The summed E-state index contributed by atoms with van der Waals surface area (Å²) < 4.78 is 0.979. The molecule has 0 radical (unpaired) electrons. The molecule has 2 nitrogen and oxygen atoms in total. The van der Waals surface area contributed by atoms with E-state index in [-0.39, 0.29) is 5.91 Å². The Balaban J connectivity index is 2.23. The van der Waals surface area contributed by atoms with Crippen LogP contribution < -0.4 is 0 Å². The molecule has 1 amide bonds. The second kappa shape index (κ2) is 6.93. The zero-order valence-corrected chi connectivity index (χ0v) is 14.1. The van der Waals surface area contributed by atoms with Crippen LogP contribution in [0.1, 0.15) is 49.4 Å². The van der Waals surface area contributed by atoms with E-state index in [9.17, 15) is 4.79 Å². The quantitative estimate of drug-likeness (QED) is 0.682. The zero-order chi connectivity index (χ0) is 13.8. The Kier molecular flexibility index (Phi) is 5.51. The summed E-state index contributed by atoms with van der Waals surface area (Å²) in [6.45, 7) is 3.06. The smallest absolute Gasteiger partial charge is 0.255 e. The Hall–Kier alpha value is -0.290. The molecule has 0 bridgehead atoms. The SMILES string of the molecule is CCCC1CCCCN1C(=O)c1cc(Cl)ccc1I. The average Bonchev–Trinajstić information content (AvgIpc) is 2.42. The van der Waals surface area contributed by atoms with Crippen molar-refractivity contribution in [2.45, 2.75) is 45.1 Å². The molecule has 2 rings (SSSR count). The van der Waals surface area contributed by atoms with Crippen LogP contribution in [-0.2, 0) is 0 Å². The van der Waals surface area contributed by atoms with Gasteiger partial charge in [0.1, 0.15) is 0 Å². The van der Waals surface area contributed by atoms with E-state index in [1.807, 2.05) is 12.1 Å². The molecule has 0 aliphatic carbocycles. The number of piperidine rings is 1. The van der Waals surface area contributed by atoms with Gasteiger partial charge in [-0.3, -0.25) is 4.79 Å². The van der Waals surface area contributed by atoms with E-state index in [0.717, 1.165) is 41.4 Å². The molecule has 1 aromatic carbocycles. The summed E-state index contributed by atoms with van der Waals surface area (Å²) in [6.07, 6.45) is 5.71. The molecule has 1 fully saturated rings. The maximum absolute atomic E-state index is 12.7. The van der Waals surface area contributed by atoms with E-state index in [1.165, 1.54) is 6.42 Å². The van der Waals surface area contributed by atoms with E-state index >= 15 is 0 Å². The molecule has 1 atom stereocenters. The highest BCUT2D eigenvalue weighted by Gasteiger charge is 2.27. The van der Waals surface area contributed by atoms with E-state index in [2.05, 4.69) is 34.4 Å². The number of carbonyl (C=O) groups excluding carboxylic acids is 1. The standard InChI is InChI=1S/C15H19ClINO/c1-2-5-12-6-3-4-9-18(12)15(19)13-10-11(16)7-8-14(13)17/h7-8,10,12H,2-6,9H2,1H3. The van der Waals surface area contributed by atoms with Crippen molar-refractivity contribution in [1.29, 1.82) is 0 Å². The molecule has 1 heterocycles. The fourth-order valence-corrected chi connectivity index (χ4v) is 3.46. The molecule has 1 saturated heterocycles. The third-order valence-electron chi connectivity index (χ3n) is 3.67. The van der Waals surface area contributed by atoms with Crippen LogP contribution in [0.2, 0.25) is 5.02 Å². The summed E-state index contributed by atoms with van der Waals surface area (Å²) in [5.41, 5.74) is 0.746. The van der Waals surface area contributed by atoms with E-state index in [1.54, 1.807) is 6.07 Å². The fourth-order valence-electron chi connectivity index (χ4n) is 2.72. The van der Waals surface area contributed by atoms with Crippen LogP contribution in [0, 0.1) is 3.57 Å². The van der Waals surface area contributed by atoms with Crippen molar-refractivity contribution in [3.05, 3.63) is 32.4 Å². The molecule has 4 heteroatoms. The minimum absolute atomic E-state index is 0.144. The first-order valence-electron chi connectivity index (χ1n) is 6.89. The highest BCUT2D eigenvalue weighted by molar-refractivity contribution is 14.1. The number of hydrogen-bond donors (Lipinski definition) is 0. The van der Waals surface area contributed by atoms with Crippen LogP contribution in [0.5, 0.6) is 0 Å². The van der Waals surface area contributed by atoms with Crippen molar-refractivity contribution in [2.75, 3.05) is 6.54 Å². The Morgan fingerprint density at radius 3 is 3.00 bits per heavy atom. The number of nitrogens with zero attached hydrogens (tertiary/aromatic N) is 1. The molecule has 19 heavy (non-hydrogen) atoms. The van der Waals surface area contributed by atoms with E-state index < -0.39 is 0 Å². The topological polar surface area (TPSA) is 20.3 Å². The lowest BCUT2D eigenvalue weighted by atomic mass is 9.97. The average molecular weight is 392 g/mol. The van der Waals surface area contributed by atoms with Crippen molar-refractivity contribution < 1.29 is 4.79 Å². The summed E-state index contributed by atoms with van der Waals surface area (Å²) in [5, 5.41) is 0.632. The number of carbonyl (C=O) groups is 1. The molecule has 1 aliphatic heterocycles. The minimum Gasteiger partial charge on any atom is -0.336 e. The fraction of sp³-hybridized carbons (Fsp3) is 0.533. The van der Waals surface area contributed by atoms with Gasteiger partial charge in [-0.2, -0.15) is 0 Å².